The van der Waals surface area contributed by atoms with Crippen molar-refractivity contribution in [3.05, 3.63) is 65.1 Å². The average Bonchev–Trinajstić information content (AvgIpc) is 3.05. The summed E-state index contributed by atoms with van der Waals surface area (Å²) in [4.78, 5) is 16.2. The zero-order chi connectivity index (χ0) is 16.9. The van der Waals surface area contributed by atoms with Gasteiger partial charge in [-0.15, -0.1) is 0 Å². The van der Waals surface area contributed by atoms with Crippen molar-refractivity contribution in [3.63, 3.8) is 0 Å². The lowest BCUT2D eigenvalue weighted by molar-refractivity contribution is -0.113. The zero-order valence-corrected chi connectivity index (χ0v) is 14.7. The number of nitrogens with zero attached hydrogens (tertiary/aromatic N) is 3. The summed E-state index contributed by atoms with van der Waals surface area (Å²) >= 11 is 4.41. The molecule has 0 fully saturated rings. The van der Waals surface area contributed by atoms with Gasteiger partial charge >= 0.3 is 0 Å². The number of hydrogen-bond acceptors (Lipinski definition) is 4. The first-order valence-corrected chi connectivity index (χ1v) is 8.74. The van der Waals surface area contributed by atoms with E-state index in [1.807, 2.05) is 30.3 Å². The summed E-state index contributed by atoms with van der Waals surface area (Å²) in [6, 6.07) is 14.0. The number of carbonyl (C=O) groups is 1. The Hall–Kier alpha value is -2.19. The molecule has 5 nitrogen and oxygen atoms in total. The minimum Gasteiger partial charge on any atom is -0.323 e. The maximum absolute atomic E-state index is 13.7. The summed E-state index contributed by atoms with van der Waals surface area (Å²) in [5.74, 6) is -0.708. The normalized spacial score (nSPS) is 10.6. The van der Waals surface area contributed by atoms with E-state index in [-0.39, 0.29) is 17.3 Å². The minimum absolute atomic E-state index is 0.0982. The van der Waals surface area contributed by atoms with E-state index in [2.05, 4.69) is 31.3 Å². The highest BCUT2D eigenvalue weighted by Gasteiger charge is 2.12. The molecule has 0 unspecified atom stereocenters. The van der Waals surface area contributed by atoms with E-state index in [0.717, 1.165) is 5.69 Å². The Morgan fingerprint density at radius 1 is 1.25 bits per heavy atom. The summed E-state index contributed by atoms with van der Waals surface area (Å²) < 4.78 is 16.0. The first kappa shape index (κ1) is 16.7. The molecule has 1 N–H and O–H groups in total. The smallest absolute Gasteiger partial charge is 0.234 e. The van der Waals surface area contributed by atoms with Crippen LogP contribution in [-0.4, -0.2) is 26.4 Å². The van der Waals surface area contributed by atoms with Gasteiger partial charge in [-0.05, 0) is 30.3 Å². The Bertz CT molecular complexity index is 856. The highest BCUT2D eigenvalue weighted by molar-refractivity contribution is 9.10. The number of benzene rings is 2. The highest BCUT2D eigenvalue weighted by Crippen LogP contribution is 2.21. The molecule has 0 aliphatic rings. The first-order valence-electron chi connectivity index (χ1n) is 6.96. The van der Waals surface area contributed by atoms with Crippen molar-refractivity contribution < 1.29 is 9.18 Å². The largest absolute Gasteiger partial charge is 0.323 e. The van der Waals surface area contributed by atoms with Crippen molar-refractivity contribution in [1.82, 2.24) is 14.8 Å². The van der Waals surface area contributed by atoms with Crippen molar-refractivity contribution in [2.75, 3.05) is 11.1 Å². The molecular weight excluding hydrogens is 395 g/mol. The van der Waals surface area contributed by atoms with Crippen molar-refractivity contribution >= 4 is 39.3 Å². The molecule has 1 aromatic heterocycles. The second-order valence-corrected chi connectivity index (χ2v) is 6.61. The number of rotatable bonds is 5. The number of halogens is 2. The van der Waals surface area contributed by atoms with Crippen LogP contribution in [0.25, 0.3) is 5.69 Å². The third-order valence-electron chi connectivity index (χ3n) is 3.05. The monoisotopic (exact) mass is 406 g/mol. The Labute approximate surface area is 150 Å². The predicted molar refractivity (Wildman–Crippen MR) is 94.8 cm³/mol. The second kappa shape index (κ2) is 7.59. The number of hydrogen-bond donors (Lipinski definition) is 1. The molecule has 1 amide bonds. The van der Waals surface area contributed by atoms with Crippen LogP contribution in [0.4, 0.5) is 10.1 Å². The molecule has 0 aliphatic carbocycles. The van der Waals surface area contributed by atoms with Gasteiger partial charge in [0, 0.05) is 4.47 Å². The molecule has 1 heterocycles. The molecule has 3 rings (SSSR count). The standard InChI is InChI=1S/C16H12BrFN4OS/c17-11-6-7-14(13(18)8-11)21-15(23)9-24-16-19-10-20-22(16)12-4-2-1-3-5-12/h1-8,10H,9H2,(H,21,23). The number of thioether (sulfide) groups is 1. The maximum atomic E-state index is 13.7. The van der Waals surface area contributed by atoms with Crippen LogP contribution in [0.1, 0.15) is 0 Å². The highest BCUT2D eigenvalue weighted by atomic mass is 79.9. The third kappa shape index (κ3) is 4.01. The fourth-order valence-corrected chi connectivity index (χ4v) is 3.04. The molecular formula is C16H12BrFN4OS. The van der Waals surface area contributed by atoms with Crippen molar-refractivity contribution in [2.24, 2.45) is 0 Å². The van der Waals surface area contributed by atoms with Gasteiger partial charge < -0.3 is 5.32 Å². The maximum Gasteiger partial charge on any atom is 0.234 e. The number of aromatic nitrogens is 3. The molecule has 0 saturated heterocycles. The van der Waals surface area contributed by atoms with E-state index in [0.29, 0.717) is 9.63 Å². The van der Waals surface area contributed by atoms with Crippen molar-refractivity contribution in [3.8, 4) is 5.69 Å². The lowest BCUT2D eigenvalue weighted by atomic mass is 10.3. The van der Waals surface area contributed by atoms with E-state index in [9.17, 15) is 9.18 Å². The molecule has 122 valence electrons. The molecule has 0 aliphatic heterocycles. The van der Waals surface area contributed by atoms with Crippen LogP contribution in [0.2, 0.25) is 0 Å². The Kier molecular flexibility index (Phi) is 5.27. The van der Waals surface area contributed by atoms with E-state index < -0.39 is 5.82 Å². The predicted octanol–water partition coefficient (Wildman–Crippen LogP) is 3.90. The van der Waals surface area contributed by atoms with Gasteiger partial charge in [0.1, 0.15) is 12.1 Å². The number of carbonyl (C=O) groups excluding carboxylic acids is 1. The van der Waals surface area contributed by atoms with Crippen LogP contribution >= 0.6 is 27.7 Å². The van der Waals surface area contributed by atoms with Gasteiger partial charge in [0.25, 0.3) is 0 Å². The van der Waals surface area contributed by atoms with Crippen LogP contribution in [0.3, 0.4) is 0 Å². The van der Waals surface area contributed by atoms with Gasteiger partial charge in [0.15, 0.2) is 5.16 Å². The van der Waals surface area contributed by atoms with Gasteiger partial charge in [0.2, 0.25) is 5.91 Å². The minimum atomic E-state index is -0.491. The van der Waals surface area contributed by atoms with Gasteiger partial charge in [0.05, 0.1) is 17.1 Å². The number of nitrogens with one attached hydrogen (secondary N) is 1. The SMILES string of the molecule is O=C(CSc1ncnn1-c1ccccc1)Nc1ccc(Br)cc1F. The molecule has 0 spiro atoms. The lowest BCUT2D eigenvalue weighted by Crippen LogP contribution is -2.15. The molecule has 8 heteroatoms. The zero-order valence-electron chi connectivity index (χ0n) is 12.3. The molecule has 0 radical (unpaired) electrons. The van der Waals surface area contributed by atoms with Crippen molar-refractivity contribution in [2.45, 2.75) is 5.16 Å². The van der Waals surface area contributed by atoms with Crippen LogP contribution in [0.5, 0.6) is 0 Å². The Balaban J connectivity index is 1.64. The summed E-state index contributed by atoms with van der Waals surface area (Å²) in [5.41, 5.74) is 1.00. The van der Waals surface area contributed by atoms with Gasteiger partial charge in [-0.3, -0.25) is 4.79 Å². The lowest BCUT2D eigenvalue weighted by Gasteiger charge is -2.07. The number of para-hydroxylation sites is 1. The summed E-state index contributed by atoms with van der Waals surface area (Å²) in [6.07, 6.45) is 1.43. The van der Waals surface area contributed by atoms with E-state index in [4.69, 9.17) is 0 Å². The Morgan fingerprint density at radius 2 is 2.04 bits per heavy atom. The van der Waals surface area contributed by atoms with Crippen LogP contribution in [0.15, 0.2) is 64.5 Å². The molecule has 0 saturated carbocycles. The summed E-state index contributed by atoms with van der Waals surface area (Å²) in [7, 11) is 0. The van der Waals surface area contributed by atoms with E-state index in [1.54, 1.807) is 10.7 Å². The fourth-order valence-electron chi connectivity index (χ4n) is 1.98. The average molecular weight is 407 g/mol. The number of anilines is 1. The van der Waals surface area contributed by atoms with Crippen molar-refractivity contribution in [1.29, 1.82) is 0 Å². The summed E-state index contributed by atoms with van der Waals surface area (Å²) in [5, 5.41) is 7.30. The molecule has 2 aromatic carbocycles. The van der Waals surface area contributed by atoms with Gasteiger partial charge in [-0.25, -0.2) is 14.1 Å². The van der Waals surface area contributed by atoms with E-state index >= 15 is 0 Å². The van der Waals surface area contributed by atoms with Gasteiger partial charge in [-0.2, -0.15) is 5.10 Å². The molecule has 0 bridgehead atoms. The summed E-state index contributed by atoms with van der Waals surface area (Å²) in [6.45, 7) is 0. The number of amides is 1. The van der Waals surface area contributed by atoms with Gasteiger partial charge in [-0.1, -0.05) is 45.9 Å². The van der Waals surface area contributed by atoms with Crippen LogP contribution < -0.4 is 5.32 Å². The molecule has 0 atom stereocenters. The third-order valence-corrected chi connectivity index (χ3v) is 4.49. The van der Waals surface area contributed by atoms with Crippen LogP contribution in [-0.2, 0) is 4.79 Å². The second-order valence-electron chi connectivity index (χ2n) is 4.75. The first-order chi connectivity index (χ1) is 11.6. The van der Waals surface area contributed by atoms with E-state index in [1.165, 1.54) is 30.2 Å². The fraction of sp³-hybridized carbons (Fsp3) is 0.0625. The topological polar surface area (TPSA) is 59.8 Å². The molecule has 24 heavy (non-hydrogen) atoms. The molecule has 3 aromatic rings. The Morgan fingerprint density at radius 3 is 2.79 bits per heavy atom. The quantitative estimate of drug-likeness (QED) is 0.652. The van der Waals surface area contributed by atoms with Crippen LogP contribution in [0, 0.1) is 5.82 Å².